The Balaban J connectivity index is 2.22. The van der Waals surface area contributed by atoms with E-state index in [2.05, 4.69) is 5.32 Å². The number of rotatable bonds is 2. The normalized spacial score (nSPS) is 23.3. The third-order valence-corrected chi connectivity index (χ3v) is 3.82. The summed E-state index contributed by atoms with van der Waals surface area (Å²) < 4.78 is 0. The third kappa shape index (κ3) is 2.89. The lowest BCUT2D eigenvalue weighted by Gasteiger charge is -2.34. The minimum absolute atomic E-state index is 0.0480. The van der Waals surface area contributed by atoms with Crippen LogP contribution in [0.1, 0.15) is 29.3 Å². The van der Waals surface area contributed by atoms with E-state index < -0.39 is 0 Å². The second-order valence-corrected chi connectivity index (χ2v) is 5.38. The Labute approximate surface area is 114 Å². The Hall–Kier alpha value is -1.55. The fourth-order valence-corrected chi connectivity index (χ4v) is 2.54. The van der Waals surface area contributed by atoms with E-state index in [-0.39, 0.29) is 17.9 Å². The molecule has 0 radical (unpaired) electrons. The van der Waals surface area contributed by atoms with Crippen LogP contribution in [-0.4, -0.2) is 42.2 Å². The van der Waals surface area contributed by atoms with Gasteiger partial charge in [0.1, 0.15) is 0 Å². The number of aryl methyl sites for hydroxylation is 1. The number of carbonyl (C=O) groups is 1. The molecule has 0 bridgehead atoms. The van der Waals surface area contributed by atoms with Crippen LogP contribution in [0.5, 0.6) is 0 Å². The van der Waals surface area contributed by atoms with Crippen molar-refractivity contribution in [3.8, 4) is 0 Å². The molecular weight excluding hydrogens is 240 g/mol. The van der Waals surface area contributed by atoms with Crippen LogP contribution < -0.4 is 5.32 Å². The third-order valence-electron chi connectivity index (χ3n) is 3.82. The Kier molecular flexibility index (Phi) is 4.10. The van der Waals surface area contributed by atoms with E-state index in [1.165, 1.54) is 0 Å². The number of nitrogens with one attached hydrogen (secondary N) is 1. The zero-order valence-electron chi connectivity index (χ0n) is 11.8. The highest BCUT2D eigenvalue weighted by molar-refractivity contribution is 5.99. The zero-order valence-corrected chi connectivity index (χ0v) is 11.8. The first-order valence-electron chi connectivity index (χ1n) is 6.78. The number of hydrogen-bond donors (Lipinski definition) is 2. The van der Waals surface area contributed by atoms with Crippen LogP contribution in [0.15, 0.2) is 18.2 Å². The second kappa shape index (κ2) is 5.61. The summed E-state index contributed by atoms with van der Waals surface area (Å²) in [7, 11) is 1.82. The summed E-state index contributed by atoms with van der Waals surface area (Å²) in [6.07, 6.45) is 0.374. The highest BCUT2D eigenvalue weighted by atomic mass is 16.3. The molecule has 104 valence electrons. The number of likely N-dealkylation sites (tertiary alicyclic amines) is 1. The molecule has 1 aromatic carbocycles. The molecule has 1 aromatic rings. The van der Waals surface area contributed by atoms with Crippen molar-refractivity contribution in [2.45, 2.75) is 26.4 Å². The summed E-state index contributed by atoms with van der Waals surface area (Å²) in [6, 6.07) is 5.85. The zero-order chi connectivity index (χ0) is 14.0. The Bertz CT molecular complexity index is 473. The molecule has 0 saturated carbocycles. The number of carbonyl (C=O) groups excluding carboxylic acids is 1. The van der Waals surface area contributed by atoms with Crippen LogP contribution >= 0.6 is 0 Å². The van der Waals surface area contributed by atoms with E-state index in [4.69, 9.17) is 0 Å². The molecule has 2 unspecified atom stereocenters. The molecule has 1 aliphatic heterocycles. The fraction of sp³-hybridized carbons (Fsp3) is 0.533. The number of piperidine rings is 1. The lowest BCUT2D eigenvalue weighted by Crippen LogP contribution is -2.45. The van der Waals surface area contributed by atoms with Crippen molar-refractivity contribution in [3.05, 3.63) is 29.3 Å². The topological polar surface area (TPSA) is 52.6 Å². The Morgan fingerprint density at radius 3 is 2.84 bits per heavy atom. The van der Waals surface area contributed by atoms with Gasteiger partial charge < -0.3 is 15.3 Å². The highest BCUT2D eigenvalue weighted by Gasteiger charge is 2.28. The van der Waals surface area contributed by atoms with E-state index in [0.717, 1.165) is 11.3 Å². The first-order valence-corrected chi connectivity index (χ1v) is 6.78. The van der Waals surface area contributed by atoms with Gasteiger partial charge in [0, 0.05) is 25.8 Å². The highest BCUT2D eigenvalue weighted by Crippen LogP contribution is 2.23. The van der Waals surface area contributed by atoms with Crippen molar-refractivity contribution in [1.29, 1.82) is 0 Å². The van der Waals surface area contributed by atoms with Gasteiger partial charge in [-0.1, -0.05) is 18.6 Å². The van der Waals surface area contributed by atoms with Crippen molar-refractivity contribution in [3.63, 3.8) is 0 Å². The van der Waals surface area contributed by atoms with Crippen LogP contribution in [-0.2, 0) is 0 Å². The molecule has 1 heterocycles. The smallest absolute Gasteiger partial charge is 0.255 e. The molecular formula is C15H22N2O2. The quantitative estimate of drug-likeness (QED) is 0.855. The first-order chi connectivity index (χ1) is 9.02. The largest absolute Gasteiger partial charge is 0.393 e. The molecule has 4 nitrogen and oxygen atoms in total. The number of benzene rings is 1. The van der Waals surface area contributed by atoms with Crippen molar-refractivity contribution in [2.75, 3.05) is 25.5 Å². The van der Waals surface area contributed by atoms with Crippen LogP contribution in [0.4, 0.5) is 5.69 Å². The maximum Gasteiger partial charge on any atom is 0.255 e. The summed E-state index contributed by atoms with van der Waals surface area (Å²) >= 11 is 0. The number of amides is 1. The van der Waals surface area contributed by atoms with Gasteiger partial charge in [0.15, 0.2) is 0 Å². The molecule has 2 rings (SSSR count). The van der Waals surface area contributed by atoms with Crippen molar-refractivity contribution < 1.29 is 9.90 Å². The number of anilines is 1. The second-order valence-electron chi connectivity index (χ2n) is 5.38. The van der Waals surface area contributed by atoms with E-state index in [1.807, 2.05) is 44.0 Å². The Morgan fingerprint density at radius 2 is 2.21 bits per heavy atom. The number of aliphatic hydroxyl groups is 1. The minimum atomic E-state index is -0.287. The molecule has 19 heavy (non-hydrogen) atoms. The summed E-state index contributed by atoms with van der Waals surface area (Å²) in [5.74, 6) is 0.187. The fourth-order valence-electron chi connectivity index (χ4n) is 2.54. The van der Waals surface area contributed by atoms with Crippen LogP contribution in [0.25, 0.3) is 0 Å². The van der Waals surface area contributed by atoms with Gasteiger partial charge in [0.05, 0.1) is 11.7 Å². The average Bonchev–Trinajstić information content (AvgIpc) is 2.41. The van der Waals surface area contributed by atoms with E-state index in [1.54, 1.807) is 0 Å². The summed E-state index contributed by atoms with van der Waals surface area (Å²) in [6.45, 7) is 5.22. The monoisotopic (exact) mass is 262 g/mol. The lowest BCUT2D eigenvalue weighted by molar-refractivity contribution is 0.0298. The summed E-state index contributed by atoms with van der Waals surface area (Å²) in [4.78, 5) is 14.4. The maximum atomic E-state index is 12.6. The molecule has 1 saturated heterocycles. The van der Waals surface area contributed by atoms with Crippen molar-refractivity contribution in [1.82, 2.24) is 4.90 Å². The standard InChI is InChI=1S/C15H22N2O2/c1-10-4-5-13(16-3)12(8-10)15(19)17-7-6-14(18)11(2)9-17/h4-5,8,11,14,16,18H,6-7,9H2,1-3H3. The van der Waals surface area contributed by atoms with Gasteiger partial charge in [0.2, 0.25) is 0 Å². The van der Waals surface area contributed by atoms with Gasteiger partial charge in [-0.15, -0.1) is 0 Å². The molecule has 2 N–H and O–H groups in total. The van der Waals surface area contributed by atoms with Gasteiger partial charge in [0.25, 0.3) is 5.91 Å². The molecule has 0 spiro atoms. The molecule has 1 fully saturated rings. The van der Waals surface area contributed by atoms with E-state index in [9.17, 15) is 9.90 Å². The van der Waals surface area contributed by atoms with Gasteiger partial charge in [-0.3, -0.25) is 4.79 Å². The average molecular weight is 262 g/mol. The van der Waals surface area contributed by atoms with Crippen LogP contribution in [0, 0.1) is 12.8 Å². The van der Waals surface area contributed by atoms with Crippen molar-refractivity contribution >= 4 is 11.6 Å². The predicted molar refractivity (Wildman–Crippen MR) is 76.4 cm³/mol. The SMILES string of the molecule is CNc1ccc(C)cc1C(=O)N1CCC(O)C(C)C1. The summed E-state index contributed by atoms with van der Waals surface area (Å²) in [5, 5.41) is 12.8. The molecule has 1 amide bonds. The summed E-state index contributed by atoms with van der Waals surface area (Å²) in [5.41, 5.74) is 2.65. The van der Waals surface area contributed by atoms with Crippen molar-refractivity contribution in [2.24, 2.45) is 5.92 Å². The Morgan fingerprint density at radius 1 is 1.47 bits per heavy atom. The van der Waals surface area contributed by atoms with Gasteiger partial charge in [-0.2, -0.15) is 0 Å². The maximum absolute atomic E-state index is 12.6. The minimum Gasteiger partial charge on any atom is -0.393 e. The van der Waals surface area contributed by atoms with E-state index in [0.29, 0.717) is 25.1 Å². The molecule has 1 aliphatic rings. The lowest BCUT2D eigenvalue weighted by atomic mass is 9.96. The molecule has 0 aromatic heterocycles. The molecule has 2 atom stereocenters. The van der Waals surface area contributed by atoms with E-state index >= 15 is 0 Å². The van der Waals surface area contributed by atoms with Gasteiger partial charge in [-0.05, 0) is 31.4 Å². The first kappa shape index (κ1) is 13.9. The number of nitrogens with zero attached hydrogens (tertiary/aromatic N) is 1. The number of aliphatic hydroxyl groups excluding tert-OH is 1. The predicted octanol–water partition coefficient (Wildman–Crippen LogP) is 1.88. The van der Waals surface area contributed by atoms with Crippen LogP contribution in [0.3, 0.4) is 0 Å². The number of hydrogen-bond acceptors (Lipinski definition) is 3. The van der Waals surface area contributed by atoms with Gasteiger partial charge >= 0.3 is 0 Å². The molecule has 4 heteroatoms. The molecule has 0 aliphatic carbocycles. The van der Waals surface area contributed by atoms with Gasteiger partial charge in [-0.25, -0.2) is 0 Å². The van der Waals surface area contributed by atoms with Crippen LogP contribution in [0.2, 0.25) is 0 Å².